The van der Waals surface area contributed by atoms with Crippen molar-refractivity contribution in [3.8, 4) is 17.0 Å². The van der Waals surface area contributed by atoms with Crippen molar-refractivity contribution in [2.75, 3.05) is 19.0 Å². The van der Waals surface area contributed by atoms with Gasteiger partial charge in [0.15, 0.2) is 5.65 Å². The van der Waals surface area contributed by atoms with Crippen LogP contribution in [0.5, 0.6) is 5.88 Å². The van der Waals surface area contributed by atoms with Gasteiger partial charge in [-0.1, -0.05) is 0 Å². The van der Waals surface area contributed by atoms with E-state index in [1.165, 1.54) is 6.42 Å². The standard InChI is InChI=1S/C22H25N7O2/c1-13-27-28-17-4-3-14(12-29(13)17)16-11-23-19-18(16)20(30-2)26-21(25-19)24-15-5-7-22(8-6-15)9-10-31-22/h3-4,11-12,15H,5-10H2,1-2H3,(H2,23,24,25,26). The Hall–Kier alpha value is -3.20. The molecular weight excluding hydrogens is 394 g/mol. The van der Waals surface area contributed by atoms with Gasteiger partial charge in [-0.05, 0) is 51.2 Å². The normalized spacial score (nSPS) is 23.4. The maximum Gasteiger partial charge on any atom is 0.228 e. The molecule has 0 radical (unpaired) electrons. The van der Waals surface area contributed by atoms with E-state index < -0.39 is 0 Å². The summed E-state index contributed by atoms with van der Waals surface area (Å²) >= 11 is 0. The van der Waals surface area contributed by atoms with Crippen LogP contribution in [0, 0.1) is 6.92 Å². The van der Waals surface area contributed by atoms with Crippen molar-refractivity contribution in [2.24, 2.45) is 0 Å². The number of ether oxygens (including phenoxy) is 2. The number of aryl methyl sites for hydroxylation is 1. The summed E-state index contributed by atoms with van der Waals surface area (Å²) in [6, 6.07) is 4.34. The second-order valence-corrected chi connectivity index (χ2v) is 8.58. The molecule has 1 saturated carbocycles. The molecule has 4 aromatic heterocycles. The predicted molar refractivity (Wildman–Crippen MR) is 116 cm³/mol. The summed E-state index contributed by atoms with van der Waals surface area (Å²) in [5.41, 5.74) is 3.72. The van der Waals surface area contributed by atoms with Gasteiger partial charge in [-0.15, -0.1) is 10.2 Å². The number of aromatic nitrogens is 6. The molecule has 4 aromatic rings. The quantitative estimate of drug-likeness (QED) is 0.522. The molecule has 9 nitrogen and oxygen atoms in total. The Kier molecular flexibility index (Phi) is 4.14. The molecule has 2 fully saturated rings. The van der Waals surface area contributed by atoms with Crippen LogP contribution >= 0.6 is 0 Å². The van der Waals surface area contributed by atoms with Crippen LogP contribution in [0.3, 0.4) is 0 Å². The fourth-order valence-corrected chi connectivity index (χ4v) is 4.86. The number of aromatic amines is 1. The lowest BCUT2D eigenvalue weighted by molar-refractivity contribution is -0.165. The molecule has 0 atom stereocenters. The number of pyridine rings is 1. The van der Waals surface area contributed by atoms with E-state index >= 15 is 0 Å². The summed E-state index contributed by atoms with van der Waals surface area (Å²) in [6.07, 6.45) is 9.51. The Balaban J connectivity index is 1.32. The summed E-state index contributed by atoms with van der Waals surface area (Å²) in [5, 5.41) is 12.7. The van der Waals surface area contributed by atoms with Crippen LogP contribution in [-0.4, -0.2) is 54.9 Å². The first-order valence-corrected chi connectivity index (χ1v) is 10.8. The summed E-state index contributed by atoms with van der Waals surface area (Å²) in [7, 11) is 1.65. The second kappa shape index (κ2) is 6.91. The second-order valence-electron chi connectivity index (χ2n) is 8.58. The molecule has 2 aliphatic rings. The van der Waals surface area contributed by atoms with Crippen LogP contribution in [-0.2, 0) is 4.74 Å². The molecule has 1 aliphatic carbocycles. The third kappa shape index (κ3) is 3.03. The number of methoxy groups -OCH3 is 1. The van der Waals surface area contributed by atoms with Crippen molar-refractivity contribution in [3.05, 3.63) is 30.4 Å². The molecular formula is C22H25N7O2. The summed E-state index contributed by atoms with van der Waals surface area (Å²) in [5.74, 6) is 1.99. The van der Waals surface area contributed by atoms with Crippen LogP contribution < -0.4 is 10.1 Å². The first kappa shape index (κ1) is 18.6. The van der Waals surface area contributed by atoms with Crippen molar-refractivity contribution >= 4 is 22.6 Å². The highest BCUT2D eigenvalue weighted by molar-refractivity contribution is 5.97. The topological polar surface area (TPSA) is 102 Å². The lowest BCUT2D eigenvalue weighted by atomic mass is 9.77. The Labute approximate surface area is 179 Å². The number of H-pyrrole nitrogens is 1. The van der Waals surface area contributed by atoms with Crippen LogP contribution in [0.25, 0.3) is 27.8 Å². The molecule has 6 rings (SSSR count). The molecule has 1 saturated heterocycles. The number of fused-ring (bicyclic) bond motifs is 2. The van der Waals surface area contributed by atoms with Crippen molar-refractivity contribution < 1.29 is 9.47 Å². The van der Waals surface area contributed by atoms with E-state index in [1.54, 1.807) is 7.11 Å². The first-order chi connectivity index (χ1) is 15.1. The molecule has 0 unspecified atom stereocenters. The SMILES string of the molecule is COc1nc(NC2CCC3(CCO3)CC2)nc2[nH]cc(-c3ccc4nnc(C)n4c3)c12. The molecule has 0 amide bonds. The smallest absolute Gasteiger partial charge is 0.228 e. The third-order valence-corrected chi connectivity index (χ3v) is 6.77. The lowest BCUT2D eigenvalue weighted by Crippen LogP contribution is -2.48. The van der Waals surface area contributed by atoms with E-state index in [2.05, 4.69) is 25.5 Å². The Morgan fingerprint density at radius 1 is 1.19 bits per heavy atom. The van der Waals surface area contributed by atoms with Crippen molar-refractivity contribution in [3.63, 3.8) is 0 Å². The lowest BCUT2D eigenvalue weighted by Gasteiger charge is -2.46. The fourth-order valence-electron chi connectivity index (χ4n) is 4.86. The maximum atomic E-state index is 5.83. The Morgan fingerprint density at radius 2 is 2.03 bits per heavy atom. The molecule has 31 heavy (non-hydrogen) atoms. The number of nitrogens with one attached hydrogen (secondary N) is 2. The van der Waals surface area contributed by atoms with Crippen molar-refractivity contribution in [1.82, 2.24) is 29.5 Å². The highest BCUT2D eigenvalue weighted by Crippen LogP contribution is 2.41. The number of hydrogen-bond acceptors (Lipinski definition) is 7. The molecule has 160 valence electrons. The first-order valence-electron chi connectivity index (χ1n) is 10.8. The van der Waals surface area contributed by atoms with Gasteiger partial charge in [0.1, 0.15) is 11.5 Å². The van der Waals surface area contributed by atoms with Crippen LogP contribution in [0.2, 0.25) is 0 Å². The zero-order chi connectivity index (χ0) is 21.0. The number of nitrogens with zero attached hydrogens (tertiary/aromatic N) is 5. The van der Waals surface area contributed by atoms with E-state index in [0.717, 1.165) is 65.9 Å². The van der Waals surface area contributed by atoms with E-state index in [-0.39, 0.29) is 5.60 Å². The van der Waals surface area contributed by atoms with E-state index in [4.69, 9.17) is 14.5 Å². The Morgan fingerprint density at radius 3 is 2.77 bits per heavy atom. The van der Waals surface area contributed by atoms with E-state index in [9.17, 15) is 0 Å². The van der Waals surface area contributed by atoms with Gasteiger partial charge in [0.25, 0.3) is 0 Å². The molecule has 0 aromatic carbocycles. The predicted octanol–water partition coefficient (Wildman–Crippen LogP) is 3.50. The van der Waals surface area contributed by atoms with Gasteiger partial charge in [0, 0.05) is 29.6 Å². The Bertz CT molecular complexity index is 1260. The summed E-state index contributed by atoms with van der Waals surface area (Å²) in [4.78, 5) is 12.7. The number of hydrogen-bond donors (Lipinski definition) is 2. The van der Waals surface area contributed by atoms with Crippen molar-refractivity contribution in [2.45, 2.75) is 50.7 Å². The van der Waals surface area contributed by atoms with Gasteiger partial charge < -0.3 is 19.8 Å². The fraction of sp³-hybridized carbons (Fsp3) is 0.455. The average Bonchev–Trinajstić information content (AvgIpc) is 3.36. The van der Waals surface area contributed by atoms with Gasteiger partial charge in [-0.3, -0.25) is 4.40 Å². The number of rotatable bonds is 4. The number of anilines is 1. The van der Waals surface area contributed by atoms with E-state index in [0.29, 0.717) is 17.9 Å². The zero-order valence-electron chi connectivity index (χ0n) is 17.7. The van der Waals surface area contributed by atoms with Crippen molar-refractivity contribution in [1.29, 1.82) is 0 Å². The highest BCUT2D eigenvalue weighted by atomic mass is 16.5. The van der Waals surface area contributed by atoms with Crippen LogP contribution in [0.4, 0.5) is 5.95 Å². The summed E-state index contributed by atoms with van der Waals surface area (Å²) < 4.78 is 13.5. The molecule has 5 heterocycles. The van der Waals surface area contributed by atoms with Gasteiger partial charge >= 0.3 is 0 Å². The minimum atomic E-state index is 0.152. The van der Waals surface area contributed by atoms with E-state index in [1.807, 2.05) is 35.9 Å². The minimum Gasteiger partial charge on any atom is -0.480 e. The highest BCUT2D eigenvalue weighted by Gasteiger charge is 2.41. The molecule has 1 aliphatic heterocycles. The summed E-state index contributed by atoms with van der Waals surface area (Å²) in [6.45, 7) is 2.85. The monoisotopic (exact) mass is 419 g/mol. The van der Waals surface area contributed by atoms with Crippen LogP contribution in [0.1, 0.15) is 37.9 Å². The maximum absolute atomic E-state index is 5.83. The molecule has 9 heteroatoms. The molecule has 2 N–H and O–H groups in total. The van der Waals surface area contributed by atoms with Gasteiger partial charge in [0.05, 0.1) is 24.7 Å². The molecule has 0 bridgehead atoms. The van der Waals surface area contributed by atoms with Crippen LogP contribution in [0.15, 0.2) is 24.5 Å². The third-order valence-electron chi connectivity index (χ3n) is 6.77. The largest absolute Gasteiger partial charge is 0.480 e. The van der Waals surface area contributed by atoms with Gasteiger partial charge in [0.2, 0.25) is 11.8 Å². The minimum absolute atomic E-state index is 0.152. The molecule has 1 spiro atoms. The average molecular weight is 419 g/mol. The van der Waals surface area contributed by atoms with Gasteiger partial charge in [-0.25, -0.2) is 0 Å². The van der Waals surface area contributed by atoms with Gasteiger partial charge in [-0.2, -0.15) is 9.97 Å². The zero-order valence-corrected chi connectivity index (χ0v) is 17.7.